The van der Waals surface area contributed by atoms with Crippen LogP contribution >= 0.6 is 0 Å². The van der Waals surface area contributed by atoms with E-state index in [1.807, 2.05) is 45.4 Å². The molecule has 0 saturated carbocycles. The highest BCUT2D eigenvalue weighted by Gasteiger charge is 2.27. The number of aromatic nitrogens is 3. The molecule has 1 atom stereocenters. The number of aryl methyl sites for hydroxylation is 2. The van der Waals surface area contributed by atoms with Crippen LogP contribution in [0.4, 0.5) is 5.82 Å². The summed E-state index contributed by atoms with van der Waals surface area (Å²) in [6.07, 6.45) is 1.72. The van der Waals surface area contributed by atoms with E-state index in [1.54, 1.807) is 6.20 Å². The first-order chi connectivity index (χ1) is 12.9. The third kappa shape index (κ3) is 4.39. The lowest BCUT2D eigenvalue weighted by Crippen LogP contribution is -2.52. The molecular weight excluding hydrogens is 344 g/mol. The van der Waals surface area contributed by atoms with Gasteiger partial charge in [0.2, 0.25) is 5.91 Å². The number of amides is 1. The van der Waals surface area contributed by atoms with Crippen molar-refractivity contribution in [1.82, 2.24) is 24.7 Å². The van der Waals surface area contributed by atoms with Crippen molar-refractivity contribution >= 4 is 11.7 Å². The predicted octanol–water partition coefficient (Wildman–Crippen LogP) is 2.21. The Bertz CT molecular complexity index is 754. The van der Waals surface area contributed by atoms with Gasteiger partial charge in [0.25, 0.3) is 0 Å². The zero-order valence-electron chi connectivity index (χ0n) is 16.9. The van der Waals surface area contributed by atoms with Gasteiger partial charge in [0, 0.05) is 50.4 Å². The number of hydrogen-bond donors (Lipinski definition) is 1. The van der Waals surface area contributed by atoms with Gasteiger partial charge in [-0.3, -0.25) is 14.6 Å². The summed E-state index contributed by atoms with van der Waals surface area (Å²) in [5, 5.41) is 11.3. The number of piperazine rings is 1. The van der Waals surface area contributed by atoms with Crippen LogP contribution in [0, 0.1) is 13.8 Å². The molecule has 0 radical (unpaired) electrons. The number of anilines is 1. The summed E-state index contributed by atoms with van der Waals surface area (Å²) >= 11 is 0. The highest BCUT2D eigenvalue weighted by atomic mass is 16.5. The van der Waals surface area contributed by atoms with Gasteiger partial charge < -0.3 is 9.84 Å². The molecule has 1 aliphatic heterocycles. The molecule has 1 saturated heterocycles. The lowest BCUT2D eigenvalue weighted by atomic mass is 10.1. The molecule has 1 N–H and O–H groups in total. The highest BCUT2D eigenvalue weighted by Crippen LogP contribution is 2.18. The van der Waals surface area contributed by atoms with Crippen LogP contribution in [0.3, 0.4) is 0 Å². The first-order valence-electron chi connectivity index (χ1n) is 9.59. The molecule has 3 heterocycles. The van der Waals surface area contributed by atoms with Crippen LogP contribution < -0.4 is 5.32 Å². The summed E-state index contributed by atoms with van der Waals surface area (Å²) in [6.45, 7) is 14.4. The van der Waals surface area contributed by atoms with Crippen LogP contribution in [0.5, 0.6) is 0 Å². The van der Waals surface area contributed by atoms with Crippen LogP contribution in [0.25, 0.3) is 0 Å². The van der Waals surface area contributed by atoms with Crippen LogP contribution in [0.2, 0.25) is 0 Å². The molecule has 2 aromatic rings. The average Bonchev–Trinajstić information content (AvgIpc) is 3.23. The number of nitrogens with one attached hydrogen (secondary N) is 1. The van der Waals surface area contributed by atoms with E-state index >= 15 is 0 Å². The summed E-state index contributed by atoms with van der Waals surface area (Å²) in [5.74, 6) is 1.65. The molecule has 1 unspecified atom stereocenters. The van der Waals surface area contributed by atoms with Crippen molar-refractivity contribution in [3.05, 3.63) is 29.3 Å². The van der Waals surface area contributed by atoms with Crippen LogP contribution in [-0.4, -0.2) is 62.9 Å². The Labute approximate surface area is 160 Å². The Morgan fingerprint density at radius 1 is 1.22 bits per heavy atom. The molecular formula is C19H30N6O2. The molecule has 2 aromatic heterocycles. The van der Waals surface area contributed by atoms with Gasteiger partial charge in [-0.25, -0.2) is 4.68 Å². The zero-order valence-corrected chi connectivity index (χ0v) is 16.9. The van der Waals surface area contributed by atoms with E-state index in [9.17, 15) is 4.79 Å². The maximum atomic E-state index is 12.7. The Hall–Kier alpha value is -2.19. The maximum Gasteiger partial charge on any atom is 0.242 e. The molecule has 8 heteroatoms. The Morgan fingerprint density at radius 2 is 1.93 bits per heavy atom. The Morgan fingerprint density at radius 3 is 2.52 bits per heavy atom. The molecule has 0 aromatic carbocycles. The average molecular weight is 374 g/mol. The lowest BCUT2D eigenvalue weighted by Gasteiger charge is -2.37. The predicted molar refractivity (Wildman–Crippen MR) is 104 cm³/mol. The fourth-order valence-electron chi connectivity index (χ4n) is 3.48. The Kier molecular flexibility index (Phi) is 5.96. The van der Waals surface area contributed by atoms with Gasteiger partial charge >= 0.3 is 0 Å². The third-order valence-electron chi connectivity index (χ3n) is 5.31. The van der Waals surface area contributed by atoms with E-state index in [4.69, 9.17) is 4.52 Å². The fourth-order valence-corrected chi connectivity index (χ4v) is 3.48. The van der Waals surface area contributed by atoms with Crippen molar-refractivity contribution in [2.24, 2.45) is 0 Å². The van der Waals surface area contributed by atoms with Crippen LogP contribution in [-0.2, 0) is 11.3 Å². The summed E-state index contributed by atoms with van der Waals surface area (Å²) in [4.78, 5) is 17.3. The van der Waals surface area contributed by atoms with Gasteiger partial charge in [0.15, 0.2) is 0 Å². The quantitative estimate of drug-likeness (QED) is 0.835. The molecule has 27 heavy (non-hydrogen) atoms. The molecule has 1 fully saturated rings. The monoisotopic (exact) mass is 374 g/mol. The van der Waals surface area contributed by atoms with Crippen molar-refractivity contribution in [1.29, 1.82) is 0 Å². The topological polar surface area (TPSA) is 79.4 Å². The third-order valence-corrected chi connectivity index (χ3v) is 5.31. The minimum absolute atomic E-state index is 0.0107. The highest BCUT2D eigenvalue weighted by molar-refractivity contribution is 5.93. The lowest BCUT2D eigenvalue weighted by molar-refractivity contribution is -0.121. The van der Waals surface area contributed by atoms with Crippen molar-refractivity contribution in [3.8, 4) is 0 Å². The molecule has 0 spiro atoms. The van der Waals surface area contributed by atoms with Crippen molar-refractivity contribution < 1.29 is 9.32 Å². The van der Waals surface area contributed by atoms with Crippen LogP contribution in [0.15, 0.2) is 16.8 Å². The summed E-state index contributed by atoms with van der Waals surface area (Å²) in [5.41, 5.74) is 2.14. The van der Waals surface area contributed by atoms with Crippen LogP contribution in [0.1, 0.15) is 43.8 Å². The van der Waals surface area contributed by atoms with Crippen molar-refractivity contribution in [2.45, 2.75) is 53.2 Å². The fraction of sp³-hybridized carbons (Fsp3) is 0.632. The smallest absolute Gasteiger partial charge is 0.242 e. The van der Waals surface area contributed by atoms with Gasteiger partial charge in [-0.15, -0.1) is 0 Å². The van der Waals surface area contributed by atoms with E-state index in [2.05, 4.69) is 25.4 Å². The minimum atomic E-state index is -0.179. The normalized spacial score (nSPS) is 17.4. The van der Waals surface area contributed by atoms with E-state index in [0.29, 0.717) is 0 Å². The van der Waals surface area contributed by atoms with Gasteiger partial charge in [0.1, 0.15) is 11.6 Å². The summed E-state index contributed by atoms with van der Waals surface area (Å²) in [7, 11) is 0. The van der Waals surface area contributed by atoms with E-state index in [-0.39, 0.29) is 18.0 Å². The van der Waals surface area contributed by atoms with Gasteiger partial charge in [-0.2, -0.15) is 5.10 Å². The molecule has 148 valence electrons. The summed E-state index contributed by atoms with van der Waals surface area (Å²) < 4.78 is 7.08. The van der Waals surface area contributed by atoms with E-state index in [0.717, 1.165) is 50.0 Å². The number of carbonyl (C=O) groups is 1. The first-order valence-corrected chi connectivity index (χ1v) is 9.59. The van der Waals surface area contributed by atoms with E-state index in [1.165, 1.54) is 5.56 Å². The van der Waals surface area contributed by atoms with Gasteiger partial charge in [0.05, 0.1) is 17.9 Å². The van der Waals surface area contributed by atoms with E-state index < -0.39 is 0 Å². The largest absolute Gasteiger partial charge is 0.361 e. The molecule has 8 nitrogen and oxygen atoms in total. The van der Waals surface area contributed by atoms with Gasteiger partial charge in [-0.05, 0) is 34.6 Å². The number of hydrogen-bond acceptors (Lipinski definition) is 6. The molecule has 3 rings (SSSR count). The number of carbonyl (C=O) groups excluding carboxylic acids is 1. The maximum absolute atomic E-state index is 12.7. The molecule has 0 bridgehead atoms. The van der Waals surface area contributed by atoms with Crippen molar-refractivity contribution in [3.63, 3.8) is 0 Å². The first kappa shape index (κ1) is 19.6. The Balaban J connectivity index is 1.52. The second kappa shape index (κ2) is 8.22. The SMILES string of the molecule is Cc1noc(C)c1CN1CCN(C(C)C(=O)Nc2ccnn2C(C)C)CC1. The minimum Gasteiger partial charge on any atom is -0.361 e. The second-order valence-electron chi connectivity index (χ2n) is 7.53. The zero-order chi connectivity index (χ0) is 19.6. The molecule has 0 aliphatic carbocycles. The van der Waals surface area contributed by atoms with Gasteiger partial charge in [-0.1, -0.05) is 5.16 Å². The second-order valence-corrected chi connectivity index (χ2v) is 7.53. The molecule has 1 aliphatic rings. The van der Waals surface area contributed by atoms with Crippen molar-refractivity contribution in [2.75, 3.05) is 31.5 Å². The standard InChI is InChI=1S/C19H30N6O2/c1-13(2)25-18(6-7-20-25)21-19(26)15(4)24-10-8-23(9-11-24)12-17-14(3)22-27-16(17)5/h6-7,13,15H,8-12H2,1-5H3,(H,21,26). The summed E-state index contributed by atoms with van der Waals surface area (Å²) in [6, 6.07) is 1.87. The number of nitrogens with zero attached hydrogens (tertiary/aromatic N) is 5. The number of rotatable bonds is 6. The molecule has 1 amide bonds.